The standard InChI is InChI=1S/C23H26N6O2/c1-4-31-19-11-20(22-18(12-24)14-26-29(22)15-19)17-5-6-21(25-13-17)27-23(3)7-9-28(10-8-23)16(2)30/h5-6,11,13-15H,4,7-10H2,1-3H3,(H,25,27). The summed E-state index contributed by atoms with van der Waals surface area (Å²) in [7, 11) is 0. The molecule has 4 rings (SSSR count). The number of piperidine rings is 1. The van der Waals surface area contributed by atoms with Crippen LogP contribution in [0, 0.1) is 11.3 Å². The predicted molar refractivity (Wildman–Crippen MR) is 118 cm³/mol. The number of rotatable bonds is 5. The fourth-order valence-corrected chi connectivity index (χ4v) is 4.02. The summed E-state index contributed by atoms with van der Waals surface area (Å²) < 4.78 is 7.35. The van der Waals surface area contributed by atoms with Gasteiger partial charge in [0.2, 0.25) is 5.91 Å². The fraction of sp³-hybridized carbons (Fsp3) is 0.391. The molecule has 0 bridgehead atoms. The third-order valence-electron chi connectivity index (χ3n) is 5.83. The van der Waals surface area contributed by atoms with E-state index in [1.807, 2.05) is 30.0 Å². The first-order valence-electron chi connectivity index (χ1n) is 10.5. The third-order valence-corrected chi connectivity index (χ3v) is 5.83. The van der Waals surface area contributed by atoms with Crippen LogP contribution in [-0.4, -0.2) is 50.6 Å². The van der Waals surface area contributed by atoms with Gasteiger partial charge in [-0.15, -0.1) is 0 Å². The molecule has 8 heteroatoms. The highest BCUT2D eigenvalue weighted by Gasteiger charge is 2.31. The van der Waals surface area contributed by atoms with Crippen LogP contribution in [0.2, 0.25) is 0 Å². The van der Waals surface area contributed by atoms with Crippen LogP contribution in [0.5, 0.6) is 5.75 Å². The number of carbonyl (C=O) groups is 1. The Labute approximate surface area is 181 Å². The Kier molecular flexibility index (Phi) is 5.51. The first-order chi connectivity index (χ1) is 14.9. The molecule has 0 atom stereocenters. The van der Waals surface area contributed by atoms with Gasteiger partial charge >= 0.3 is 0 Å². The zero-order valence-corrected chi connectivity index (χ0v) is 18.1. The number of fused-ring (bicyclic) bond motifs is 1. The quantitative estimate of drug-likeness (QED) is 0.682. The van der Waals surface area contributed by atoms with Gasteiger partial charge in [0.05, 0.1) is 30.1 Å². The number of nitrogens with zero attached hydrogens (tertiary/aromatic N) is 5. The Morgan fingerprint density at radius 2 is 2.10 bits per heavy atom. The fourth-order valence-electron chi connectivity index (χ4n) is 4.02. The molecule has 3 aromatic rings. The number of hydrogen-bond acceptors (Lipinski definition) is 6. The summed E-state index contributed by atoms with van der Waals surface area (Å²) in [5.41, 5.74) is 2.86. The van der Waals surface area contributed by atoms with E-state index in [2.05, 4.69) is 28.4 Å². The average molecular weight is 419 g/mol. The lowest BCUT2D eigenvalue weighted by molar-refractivity contribution is -0.130. The van der Waals surface area contributed by atoms with E-state index in [1.54, 1.807) is 30.0 Å². The molecule has 1 saturated heterocycles. The molecule has 1 aliphatic rings. The summed E-state index contributed by atoms with van der Waals surface area (Å²) in [6, 6.07) is 8.07. The van der Waals surface area contributed by atoms with Crippen LogP contribution in [0.15, 0.2) is 36.8 Å². The SMILES string of the molecule is CCOc1cc(-c2ccc(NC3(C)CCN(C(C)=O)CC3)nc2)c2c(C#N)cnn2c1. The number of carbonyl (C=O) groups excluding carboxylic acids is 1. The predicted octanol–water partition coefficient (Wildman–Crippen LogP) is 3.48. The molecule has 4 heterocycles. The van der Waals surface area contributed by atoms with Crippen molar-refractivity contribution in [2.75, 3.05) is 25.0 Å². The zero-order chi connectivity index (χ0) is 22.0. The van der Waals surface area contributed by atoms with Gasteiger partial charge < -0.3 is 15.0 Å². The minimum absolute atomic E-state index is 0.109. The Hall–Kier alpha value is -3.60. The number of pyridine rings is 2. The molecule has 0 saturated carbocycles. The minimum Gasteiger partial charge on any atom is -0.492 e. The monoisotopic (exact) mass is 418 g/mol. The van der Waals surface area contributed by atoms with Crippen molar-refractivity contribution in [2.24, 2.45) is 0 Å². The lowest BCUT2D eigenvalue weighted by atomic mass is 9.89. The molecule has 1 N–H and O–H groups in total. The Morgan fingerprint density at radius 1 is 1.32 bits per heavy atom. The number of ether oxygens (including phenoxy) is 1. The Morgan fingerprint density at radius 3 is 2.71 bits per heavy atom. The van der Waals surface area contributed by atoms with Gasteiger partial charge in [-0.2, -0.15) is 10.4 Å². The summed E-state index contributed by atoms with van der Waals surface area (Å²) in [5.74, 6) is 1.60. The molecule has 8 nitrogen and oxygen atoms in total. The highest BCUT2D eigenvalue weighted by Crippen LogP contribution is 2.32. The maximum atomic E-state index is 11.6. The van der Waals surface area contributed by atoms with Gasteiger partial charge in [-0.3, -0.25) is 4.79 Å². The van der Waals surface area contributed by atoms with Gasteiger partial charge in [0, 0.05) is 42.9 Å². The maximum absolute atomic E-state index is 11.6. The second kappa shape index (κ2) is 8.26. The van der Waals surface area contributed by atoms with Crippen LogP contribution in [0.3, 0.4) is 0 Å². The second-order valence-corrected chi connectivity index (χ2v) is 8.11. The summed E-state index contributed by atoms with van der Waals surface area (Å²) in [4.78, 5) is 18.1. The van der Waals surface area contributed by atoms with Crippen molar-refractivity contribution < 1.29 is 9.53 Å². The smallest absolute Gasteiger partial charge is 0.219 e. The van der Waals surface area contributed by atoms with Crippen LogP contribution >= 0.6 is 0 Å². The van der Waals surface area contributed by atoms with Gasteiger partial charge in [-0.05, 0) is 44.9 Å². The highest BCUT2D eigenvalue weighted by atomic mass is 16.5. The molecule has 1 aliphatic heterocycles. The van der Waals surface area contributed by atoms with Crippen LogP contribution in [0.4, 0.5) is 5.82 Å². The average Bonchev–Trinajstić information content (AvgIpc) is 3.17. The molecule has 31 heavy (non-hydrogen) atoms. The highest BCUT2D eigenvalue weighted by molar-refractivity contribution is 5.85. The summed E-state index contributed by atoms with van der Waals surface area (Å²) >= 11 is 0. The van der Waals surface area contributed by atoms with Gasteiger partial charge in [0.15, 0.2) is 0 Å². The van der Waals surface area contributed by atoms with Crippen LogP contribution in [0.25, 0.3) is 16.6 Å². The molecule has 0 aromatic carbocycles. The molecule has 160 valence electrons. The van der Waals surface area contributed by atoms with Gasteiger partial charge in [-0.1, -0.05) is 0 Å². The summed E-state index contributed by atoms with van der Waals surface area (Å²) in [6.07, 6.45) is 6.88. The number of anilines is 1. The number of amides is 1. The van der Waals surface area contributed by atoms with Crippen molar-refractivity contribution in [3.63, 3.8) is 0 Å². The number of aromatic nitrogens is 3. The number of nitrogens with one attached hydrogen (secondary N) is 1. The van der Waals surface area contributed by atoms with E-state index in [4.69, 9.17) is 4.74 Å². The van der Waals surface area contributed by atoms with E-state index in [9.17, 15) is 10.1 Å². The van der Waals surface area contributed by atoms with Crippen LogP contribution in [0.1, 0.15) is 39.2 Å². The van der Waals surface area contributed by atoms with Gasteiger partial charge in [0.1, 0.15) is 17.6 Å². The normalized spacial score (nSPS) is 15.5. The van der Waals surface area contributed by atoms with E-state index in [0.717, 1.165) is 48.4 Å². The summed E-state index contributed by atoms with van der Waals surface area (Å²) in [5, 5.41) is 17.3. The van der Waals surface area contributed by atoms with Crippen LogP contribution in [-0.2, 0) is 4.79 Å². The van der Waals surface area contributed by atoms with E-state index >= 15 is 0 Å². The first kappa shape index (κ1) is 20.7. The lowest BCUT2D eigenvalue weighted by Crippen LogP contribution is -2.48. The number of likely N-dealkylation sites (tertiary alicyclic amines) is 1. The molecule has 0 spiro atoms. The molecule has 0 aliphatic carbocycles. The number of nitriles is 1. The van der Waals surface area contributed by atoms with Crippen molar-refractivity contribution in [3.8, 4) is 22.9 Å². The molecule has 0 unspecified atom stereocenters. The Bertz CT molecular complexity index is 1140. The Balaban J connectivity index is 1.60. The first-order valence-corrected chi connectivity index (χ1v) is 10.5. The maximum Gasteiger partial charge on any atom is 0.219 e. The zero-order valence-electron chi connectivity index (χ0n) is 18.1. The molecule has 1 amide bonds. The molecule has 1 fully saturated rings. The van der Waals surface area contributed by atoms with Crippen LogP contribution < -0.4 is 10.1 Å². The molecular formula is C23H26N6O2. The van der Waals surface area contributed by atoms with Crippen molar-refractivity contribution in [1.29, 1.82) is 5.26 Å². The van der Waals surface area contributed by atoms with Crippen molar-refractivity contribution in [2.45, 2.75) is 39.2 Å². The van der Waals surface area contributed by atoms with E-state index < -0.39 is 0 Å². The molecular weight excluding hydrogens is 392 g/mol. The van der Waals surface area contributed by atoms with E-state index in [1.165, 1.54) is 0 Å². The van der Waals surface area contributed by atoms with Gasteiger partial charge in [-0.25, -0.2) is 9.50 Å². The topological polar surface area (TPSA) is 95.5 Å². The second-order valence-electron chi connectivity index (χ2n) is 8.11. The van der Waals surface area contributed by atoms with Gasteiger partial charge in [0.25, 0.3) is 0 Å². The van der Waals surface area contributed by atoms with E-state index in [-0.39, 0.29) is 11.4 Å². The lowest BCUT2D eigenvalue weighted by Gasteiger charge is -2.40. The molecule has 0 radical (unpaired) electrons. The summed E-state index contributed by atoms with van der Waals surface area (Å²) in [6.45, 7) is 7.75. The van der Waals surface area contributed by atoms with Crippen molar-refractivity contribution >= 4 is 17.2 Å². The minimum atomic E-state index is -0.109. The van der Waals surface area contributed by atoms with Crippen molar-refractivity contribution in [3.05, 3.63) is 42.4 Å². The third kappa shape index (κ3) is 4.17. The largest absolute Gasteiger partial charge is 0.492 e. The molecule has 3 aromatic heterocycles. The van der Waals surface area contributed by atoms with E-state index in [0.29, 0.717) is 17.9 Å². The van der Waals surface area contributed by atoms with Crippen molar-refractivity contribution in [1.82, 2.24) is 19.5 Å². The number of hydrogen-bond donors (Lipinski definition) is 1.